The molecule has 0 aliphatic heterocycles. The van der Waals surface area contributed by atoms with Gasteiger partial charge in [0.15, 0.2) is 5.78 Å². The Balaban J connectivity index is 1.79. The van der Waals surface area contributed by atoms with Crippen molar-refractivity contribution in [2.24, 2.45) is 16.7 Å². The Labute approximate surface area is 139 Å². The van der Waals surface area contributed by atoms with Gasteiger partial charge < -0.3 is 4.74 Å². The van der Waals surface area contributed by atoms with Crippen LogP contribution in [0.4, 0.5) is 0 Å². The van der Waals surface area contributed by atoms with E-state index in [4.69, 9.17) is 4.74 Å². The third-order valence-corrected chi connectivity index (χ3v) is 6.33. The summed E-state index contributed by atoms with van der Waals surface area (Å²) in [7, 11) is 0. The van der Waals surface area contributed by atoms with Gasteiger partial charge in [-0.15, -0.1) is 0 Å². The van der Waals surface area contributed by atoms with Crippen LogP contribution in [0.25, 0.3) is 6.08 Å². The lowest BCUT2D eigenvalue weighted by molar-refractivity contribution is -0.125. The zero-order valence-electron chi connectivity index (χ0n) is 14.8. The number of rotatable bonds is 5. The smallest absolute Gasteiger partial charge is 0.165 e. The summed E-state index contributed by atoms with van der Waals surface area (Å²) in [5.74, 6) is 1.68. The summed E-state index contributed by atoms with van der Waals surface area (Å²) < 4.78 is 5.70. The van der Waals surface area contributed by atoms with E-state index in [0.29, 0.717) is 11.7 Å². The highest BCUT2D eigenvalue weighted by molar-refractivity contribution is 6.07. The summed E-state index contributed by atoms with van der Waals surface area (Å²) in [4.78, 5) is 12.9. The van der Waals surface area contributed by atoms with E-state index in [-0.39, 0.29) is 10.8 Å². The quantitative estimate of drug-likeness (QED) is 0.546. The summed E-state index contributed by atoms with van der Waals surface area (Å²) in [6.07, 6.45) is 6.50. The Hall–Kier alpha value is -1.57. The van der Waals surface area contributed by atoms with Gasteiger partial charge in [0.25, 0.3) is 0 Å². The average molecular weight is 312 g/mol. The molecule has 0 N–H and O–H groups in total. The second-order valence-corrected chi connectivity index (χ2v) is 7.84. The maximum atomic E-state index is 12.9. The van der Waals surface area contributed by atoms with Crippen molar-refractivity contribution >= 4 is 11.9 Å². The molecule has 124 valence electrons. The predicted molar refractivity (Wildman–Crippen MR) is 94.4 cm³/mol. The molecule has 2 heteroatoms. The number of ether oxygens (including phenoxy) is 1. The first-order valence-corrected chi connectivity index (χ1v) is 8.89. The van der Waals surface area contributed by atoms with Gasteiger partial charge in [-0.3, -0.25) is 4.79 Å². The molecule has 2 bridgehead atoms. The minimum atomic E-state index is -0.174. The first kappa shape index (κ1) is 16.3. The number of benzene rings is 1. The van der Waals surface area contributed by atoms with Crippen LogP contribution in [-0.4, -0.2) is 12.4 Å². The second-order valence-electron chi connectivity index (χ2n) is 7.84. The number of hydrogen-bond acceptors (Lipinski definition) is 2. The first-order chi connectivity index (χ1) is 10.9. The zero-order valence-corrected chi connectivity index (χ0v) is 14.8. The van der Waals surface area contributed by atoms with Crippen molar-refractivity contribution in [3.63, 3.8) is 0 Å². The fourth-order valence-electron chi connectivity index (χ4n) is 4.27. The summed E-state index contributed by atoms with van der Waals surface area (Å²) in [6.45, 7) is 9.60. The van der Waals surface area contributed by atoms with Crippen LogP contribution in [0, 0.1) is 16.7 Å². The van der Waals surface area contributed by atoms with E-state index < -0.39 is 0 Å². The second kappa shape index (κ2) is 5.81. The van der Waals surface area contributed by atoms with Gasteiger partial charge in [-0.2, -0.15) is 0 Å². The number of unbranched alkanes of at least 4 members (excludes halogenated alkanes) is 1. The molecule has 2 aliphatic carbocycles. The predicted octanol–water partition coefficient (Wildman–Crippen LogP) is 5.27. The van der Waals surface area contributed by atoms with E-state index in [1.807, 2.05) is 12.1 Å². The fraction of sp³-hybridized carbons (Fsp3) is 0.571. The molecule has 2 atom stereocenters. The molecule has 0 heterocycles. The number of hydrogen-bond donors (Lipinski definition) is 0. The van der Waals surface area contributed by atoms with Crippen molar-refractivity contribution in [3.05, 3.63) is 35.4 Å². The Morgan fingerprint density at radius 3 is 2.48 bits per heavy atom. The molecule has 2 fully saturated rings. The van der Waals surface area contributed by atoms with E-state index in [2.05, 4.69) is 45.9 Å². The third kappa shape index (κ3) is 2.52. The van der Waals surface area contributed by atoms with Crippen molar-refractivity contribution in [2.45, 2.75) is 53.4 Å². The molecular formula is C21H28O2. The van der Waals surface area contributed by atoms with E-state index in [9.17, 15) is 4.79 Å². The number of fused-ring (bicyclic) bond motifs is 2. The van der Waals surface area contributed by atoms with Gasteiger partial charge in [0.05, 0.1) is 6.61 Å². The van der Waals surface area contributed by atoms with Gasteiger partial charge in [-0.05, 0) is 59.9 Å². The summed E-state index contributed by atoms with van der Waals surface area (Å²) in [5, 5.41) is 0. The molecule has 3 rings (SSSR count). The lowest BCUT2D eigenvalue weighted by atomic mass is 9.70. The molecule has 2 saturated carbocycles. The molecule has 1 aromatic rings. The monoisotopic (exact) mass is 312 g/mol. The Morgan fingerprint density at radius 1 is 1.22 bits per heavy atom. The highest BCUT2D eigenvalue weighted by Gasteiger charge is 2.63. The molecule has 0 saturated heterocycles. The Kier molecular flexibility index (Phi) is 4.12. The molecule has 1 aromatic carbocycles. The number of allylic oxidation sites excluding steroid dienone is 1. The average Bonchev–Trinajstić information content (AvgIpc) is 2.83. The standard InChI is InChI=1S/C21H28O2/c1-5-6-13-23-16-9-7-15(8-10-16)14-17-18-11-12-21(4,19(17)22)20(18,2)3/h7-10,14,18H,5-6,11-13H2,1-4H3/b17-14-. The Bertz CT molecular complexity index is 624. The molecule has 0 spiro atoms. The van der Waals surface area contributed by atoms with Gasteiger partial charge in [-0.1, -0.05) is 46.2 Å². The molecule has 0 amide bonds. The number of Topliss-reactive ketones (excluding diaryl/α,β-unsaturated/α-hetero) is 1. The minimum Gasteiger partial charge on any atom is -0.494 e. The summed E-state index contributed by atoms with van der Waals surface area (Å²) >= 11 is 0. The summed E-state index contributed by atoms with van der Waals surface area (Å²) in [5.41, 5.74) is 2.04. The van der Waals surface area contributed by atoms with Crippen molar-refractivity contribution in [2.75, 3.05) is 6.61 Å². The molecule has 2 unspecified atom stereocenters. The highest BCUT2D eigenvalue weighted by atomic mass is 16.5. The van der Waals surface area contributed by atoms with Crippen LogP contribution >= 0.6 is 0 Å². The molecule has 2 nitrogen and oxygen atoms in total. The van der Waals surface area contributed by atoms with Gasteiger partial charge in [0.1, 0.15) is 5.75 Å². The van der Waals surface area contributed by atoms with Crippen molar-refractivity contribution in [1.82, 2.24) is 0 Å². The number of carbonyl (C=O) groups excluding carboxylic acids is 1. The normalized spacial score (nSPS) is 30.2. The summed E-state index contributed by atoms with van der Waals surface area (Å²) in [6, 6.07) is 8.13. The van der Waals surface area contributed by atoms with E-state index in [1.54, 1.807) is 0 Å². The van der Waals surface area contributed by atoms with Gasteiger partial charge in [-0.25, -0.2) is 0 Å². The van der Waals surface area contributed by atoms with Crippen LogP contribution < -0.4 is 4.74 Å². The van der Waals surface area contributed by atoms with E-state index in [0.717, 1.165) is 49.2 Å². The van der Waals surface area contributed by atoms with Gasteiger partial charge in [0.2, 0.25) is 0 Å². The number of carbonyl (C=O) groups is 1. The van der Waals surface area contributed by atoms with Crippen LogP contribution in [0.15, 0.2) is 29.8 Å². The lowest BCUT2D eigenvalue weighted by Crippen LogP contribution is -2.32. The zero-order chi connectivity index (χ0) is 16.7. The lowest BCUT2D eigenvalue weighted by Gasteiger charge is -2.31. The van der Waals surface area contributed by atoms with Crippen LogP contribution in [-0.2, 0) is 4.79 Å². The Morgan fingerprint density at radius 2 is 1.91 bits per heavy atom. The van der Waals surface area contributed by atoms with Crippen molar-refractivity contribution in [1.29, 1.82) is 0 Å². The van der Waals surface area contributed by atoms with Crippen LogP contribution in [0.2, 0.25) is 0 Å². The van der Waals surface area contributed by atoms with Crippen LogP contribution in [0.1, 0.15) is 58.9 Å². The molecular weight excluding hydrogens is 284 g/mol. The SMILES string of the molecule is CCCCOc1ccc(/C=C2\C(=O)C3(C)CCC2C3(C)C)cc1. The van der Waals surface area contributed by atoms with E-state index >= 15 is 0 Å². The largest absolute Gasteiger partial charge is 0.494 e. The number of ketones is 1. The maximum Gasteiger partial charge on any atom is 0.165 e. The maximum absolute atomic E-state index is 12.9. The van der Waals surface area contributed by atoms with Crippen LogP contribution in [0.5, 0.6) is 5.75 Å². The minimum absolute atomic E-state index is 0.0825. The van der Waals surface area contributed by atoms with E-state index in [1.165, 1.54) is 0 Å². The topological polar surface area (TPSA) is 26.3 Å². The molecule has 23 heavy (non-hydrogen) atoms. The highest BCUT2D eigenvalue weighted by Crippen LogP contribution is 2.65. The van der Waals surface area contributed by atoms with Gasteiger partial charge >= 0.3 is 0 Å². The fourth-order valence-corrected chi connectivity index (χ4v) is 4.27. The van der Waals surface area contributed by atoms with Crippen molar-refractivity contribution < 1.29 is 9.53 Å². The van der Waals surface area contributed by atoms with Crippen LogP contribution in [0.3, 0.4) is 0 Å². The van der Waals surface area contributed by atoms with Gasteiger partial charge in [0, 0.05) is 5.41 Å². The van der Waals surface area contributed by atoms with Crippen molar-refractivity contribution in [3.8, 4) is 5.75 Å². The molecule has 0 aromatic heterocycles. The first-order valence-electron chi connectivity index (χ1n) is 8.89. The molecule has 2 aliphatic rings. The molecule has 0 radical (unpaired) electrons. The third-order valence-electron chi connectivity index (χ3n) is 6.33.